The zero-order valence-corrected chi connectivity index (χ0v) is 19.8. The standard InChI is InChI=1S/C27H24N4O5/c1-17(32)19-6-5-7-20(15-19)29-25(34)16-30-23-9-4-3-8-22(23)26(35)31(27(30)36)21-12-10-18(11-13-21)14-24(33)28-2/h3-13,15H,14,16H2,1-2H3,(H,28,33)(H,29,34). The highest BCUT2D eigenvalue weighted by atomic mass is 16.2. The van der Waals surface area contributed by atoms with Crippen LogP contribution in [0.25, 0.3) is 16.6 Å². The lowest BCUT2D eigenvalue weighted by molar-refractivity contribution is -0.120. The number of aromatic nitrogens is 2. The molecule has 182 valence electrons. The first-order valence-corrected chi connectivity index (χ1v) is 11.2. The molecule has 3 aromatic carbocycles. The molecular formula is C27H24N4O5. The molecular weight excluding hydrogens is 460 g/mol. The predicted octanol–water partition coefficient (Wildman–Crippen LogP) is 2.28. The number of hydrogen-bond acceptors (Lipinski definition) is 5. The van der Waals surface area contributed by atoms with Gasteiger partial charge in [0.25, 0.3) is 5.56 Å². The van der Waals surface area contributed by atoms with Crippen LogP contribution in [0.4, 0.5) is 5.69 Å². The summed E-state index contributed by atoms with van der Waals surface area (Å²) in [5.74, 6) is -0.788. The first kappa shape index (κ1) is 24.3. The Hall–Kier alpha value is -4.79. The molecule has 0 aliphatic rings. The Kier molecular flexibility index (Phi) is 6.91. The van der Waals surface area contributed by atoms with E-state index in [4.69, 9.17) is 0 Å². The number of nitrogens with zero attached hydrogens (tertiary/aromatic N) is 2. The zero-order chi connectivity index (χ0) is 25.8. The van der Waals surface area contributed by atoms with E-state index in [0.717, 1.165) is 10.1 Å². The number of ketones is 1. The molecule has 0 atom stereocenters. The zero-order valence-electron chi connectivity index (χ0n) is 19.8. The van der Waals surface area contributed by atoms with E-state index in [9.17, 15) is 24.0 Å². The van der Waals surface area contributed by atoms with Crippen LogP contribution in [-0.2, 0) is 22.6 Å². The minimum absolute atomic E-state index is 0.137. The number of carbonyl (C=O) groups is 3. The second kappa shape index (κ2) is 10.2. The van der Waals surface area contributed by atoms with E-state index in [-0.39, 0.29) is 30.0 Å². The van der Waals surface area contributed by atoms with Gasteiger partial charge in [0.05, 0.1) is 23.0 Å². The lowest BCUT2D eigenvalue weighted by Crippen LogP contribution is -2.40. The van der Waals surface area contributed by atoms with Crippen LogP contribution in [0.1, 0.15) is 22.8 Å². The Balaban J connectivity index is 1.73. The lowest BCUT2D eigenvalue weighted by atomic mass is 10.1. The van der Waals surface area contributed by atoms with E-state index >= 15 is 0 Å². The Morgan fingerprint density at radius 1 is 0.861 bits per heavy atom. The Labute approximate surface area is 206 Å². The average molecular weight is 485 g/mol. The minimum atomic E-state index is -0.676. The van der Waals surface area contributed by atoms with E-state index in [1.807, 2.05) is 0 Å². The molecule has 9 heteroatoms. The van der Waals surface area contributed by atoms with E-state index < -0.39 is 17.2 Å². The molecule has 4 rings (SSSR count). The van der Waals surface area contributed by atoms with Gasteiger partial charge in [-0.2, -0.15) is 0 Å². The number of fused-ring (bicyclic) bond motifs is 1. The highest BCUT2D eigenvalue weighted by molar-refractivity contribution is 5.97. The Morgan fingerprint density at radius 2 is 1.58 bits per heavy atom. The molecule has 0 spiro atoms. The van der Waals surface area contributed by atoms with Gasteiger partial charge in [0.15, 0.2) is 5.78 Å². The number of likely N-dealkylation sites (N-methyl/N-ethyl adjacent to an activating group) is 1. The van der Waals surface area contributed by atoms with E-state index in [1.54, 1.807) is 79.8 Å². The van der Waals surface area contributed by atoms with Crippen molar-refractivity contribution in [2.75, 3.05) is 12.4 Å². The highest BCUT2D eigenvalue weighted by Gasteiger charge is 2.17. The number of rotatable bonds is 7. The number of anilines is 1. The third-order valence-electron chi connectivity index (χ3n) is 5.74. The van der Waals surface area contributed by atoms with Crippen LogP contribution in [0.15, 0.2) is 82.4 Å². The first-order chi connectivity index (χ1) is 17.3. The summed E-state index contributed by atoms with van der Waals surface area (Å²) in [7, 11) is 1.55. The van der Waals surface area contributed by atoms with Crippen molar-refractivity contribution in [2.45, 2.75) is 19.9 Å². The van der Waals surface area contributed by atoms with E-state index in [0.29, 0.717) is 22.5 Å². The summed E-state index contributed by atoms with van der Waals surface area (Å²) in [5.41, 5.74) is 1.05. The minimum Gasteiger partial charge on any atom is -0.359 e. The van der Waals surface area contributed by atoms with E-state index in [1.165, 1.54) is 11.5 Å². The highest BCUT2D eigenvalue weighted by Crippen LogP contribution is 2.14. The van der Waals surface area contributed by atoms with Crippen molar-refractivity contribution in [1.29, 1.82) is 0 Å². The quantitative estimate of drug-likeness (QED) is 0.390. The molecule has 9 nitrogen and oxygen atoms in total. The number of Topliss-reactive ketones (excluding diaryl/α,β-unsaturated/α-hetero) is 1. The van der Waals surface area contributed by atoms with Crippen LogP contribution in [0.3, 0.4) is 0 Å². The van der Waals surface area contributed by atoms with Crippen molar-refractivity contribution in [3.8, 4) is 5.69 Å². The number of benzene rings is 3. The van der Waals surface area contributed by atoms with Gasteiger partial charge in [-0.15, -0.1) is 0 Å². The fraction of sp³-hybridized carbons (Fsp3) is 0.148. The van der Waals surface area contributed by atoms with Gasteiger partial charge in [-0.25, -0.2) is 9.36 Å². The SMILES string of the molecule is CNC(=O)Cc1ccc(-n2c(=O)c3ccccc3n(CC(=O)Nc3cccc(C(C)=O)c3)c2=O)cc1. The molecule has 0 aliphatic carbocycles. The molecule has 0 aliphatic heterocycles. The Bertz CT molecular complexity index is 1600. The molecule has 2 amide bonds. The van der Waals surface area contributed by atoms with Crippen LogP contribution in [0.2, 0.25) is 0 Å². The number of hydrogen-bond donors (Lipinski definition) is 2. The van der Waals surface area contributed by atoms with Crippen LogP contribution in [0.5, 0.6) is 0 Å². The van der Waals surface area contributed by atoms with Crippen molar-refractivity contribution in [3.63, 3.8) is 0 Å². The molecule has 0 saturated heterocycles. The van der Waals surface area contributed by atoms with Gasteiger partial charge in [0.1, 0.15) is 6.54 Å². The summed E-state index contributed by atoms with van der Waals surface area (Å²) in [5, 5.41) is 5.53. The summed E-state index contributed by atoms with van der Waals surface area (Å²) in [6.07, 6.45) is 0.165. The van der Waals surface area contributed by atoms with Gasteiger partial charge >= 0.3 is 5.69 Å². The molecule has 1 heterocycles. The number of nitrogens with one attached hydrogen (secondary N) is 2. The predicted molar refractivity (Wildman–Crippen MR) is 137 cm³/mol. The molecule has 2 N–H and O–H groups in total. The topological polar surface area (TPSA) is 119 Å². The van der Waals surface area contributed by atoms with Gasteiger partial charge in [0, 0.05) is 18.3 Å². The molecule has 0 radical (unpaired) electrons. The summed E-state index contributed by atoms with van der Waals surface area (Å²) in [6, 6.07) is 19.6. The van der Waals surface area contributed by atoms with Crippen molar-refractivity contribution >= 4 is 34.2 Å². The monoisotopic (exact) mass is 484 g/mol. The van der Waals surface area contributed by atoms with Crippen LogP contribution >= 0.6 is 0 Å². The second-order valence-electron chi connectivity index (χ2n) is 8.23. The molecule has 36 heavy (non-hydrogen) atoms. The Morgan fingerprint density at radius 3 is 2.28 bits per heavy atom. The first-order valence-electron chi connectivity index (χ1n) is 11.2. The largest absolute Gasteiger partial charge is 0.359 e. The van der Waals surface area contributed by atoms with Crippen LogP contribution in [-0.4, -0.2) is 33.8 Å². The average Bonchev–Trinajstić information content (AvgIpc) is 2.87. The number of para-hydroxylation sites is 1. The maximum Gasteiger partial charge on any atom is 0.336 e. The fourth-order valence-corrected chi connectivity index (χ4v) is 3.90. The summed E-state index contributed by atoms with van der Waals surface area (Å²) in [6.45, 7) is 1.08. The van der Waals surface area contributed by atoms with Gasteiger partial charge in [-0.05, 0) is 48.9 Å². The molecule has 0 fully saturated rings. The van der Waals surface area contributed by atoms with Crippen molar-refractivity contribution in [3.05, 3.63) is 105 Å². The molecule has 0 bridgehead atoms. The maximum atomic E-state index is 13.5. The van der Waals surface area contributed by atoms with Crippen molar-refractivity contribution in [1.82, 2.24) is 14.5 Å². The smallest absolute Gasteiger partial charge is 0.336 e. The summed E-state index contributed by atoms with van der Waals surface area (Å²) in [4.78, 5) is 62.9. The van der Waals surface area contributed by atoms with Crippen LogP contribution < -0.4 is 21.9 Å². The van der Waals surface area contributed by atoms with Crippen molar-refractivity contribution in [2.24, 2.45) is 0 Å². The lowest BCUT2D eigenvalue weighted by Gasteiger charge is -2.14. The van der Waals surface area contributed by atoms with Gasteiger partial charge in [-0.3, -0.25) is 23.7 Å². The molecule has 4 aromatic rings. The van der Waals surface area contributed by atoms with Crippen LogP contribution in [0, 0.1) is 0 Å². The van der Waals surface area contributed by atoms with Crippen molar-refractivity contribution < 1.29 is 14.4 Å². The summed E-state index contributed by atoms with van der Waals surface area (Å²) < 4.78 is 2.25. The number of amides is 2. The third kappa shape index (κ3) is 5.00. The number of carbonyl (C=O) groups excluding carboxylic acids is 3. The molecule has 0 saturated carbocycles. The molecule has 1 aromatic heterocycles. The molecule has 0 unspecified atom stereocenters. The normalized spacial score (nSPS) is 10.7. The van der Waals surface area contributed by atoms with E-state index in [2.05, 4.69) is 10.6 Å². The third-order valence-corrected chi connectivity index (χ3v) is 5.74. The second-order valence-corrected chi connectivity index (χ2v) is 8.23. The van der Waals surface area contributed by atoms with Gasteiger partial charge in [0.2, 0.25) is 11.8 Å². The maximum absolute atomic E-state index is 13.5. The fourth-order valence-electron chi connectivity index (χ4n) is 3.90. The van der Waals surface area contributed by atoms with Gasteiger partial charge in [-0.1, -0.05) is 36.4 Å². The summed E-state index contributed by atoms with van der Waals surface area (Å²) >= 11 is 0. The van der Waals surface area contributed by atoms with Gasteiger partial charge < -0.3 is 10.6 Å².